The second kappa shape index (κ2) is 7.06. The fourth-order valence-electron chi connectivity index (χ4n) is 3.25. The monoisotopic (exact) mass is 364 g/mol. The molecule has 0 fully saturated rings. The number of benzene rings is 1. The highest BCUT2D eigenvalue weighted by atomic mass is 16.2. The quantitative estimate of drug-likeness (QED) is 0.651. The molecule has 3 heterocycles. The van der Waals surface area contributed by atoms with Crippen LogP contribution in [0.25, 0.3) is 0 Å². The van der Waals surface area contributed by atoms with Crippen molar-refractivity contribution in [3.8, 4) is 0 Å². The van der Waals surface area contributed by atoms with Gasteiger partial charge < -0.3 is 20.2 Å². The third kappa shape index (κ3) is 3.59. The molecule has 2 aromatic heterocycles. The van der Waals surface area contributed by atoms with Crippen LogP contribution in [0.4, 0.5) is 5.69 Å². The Bertz CT molecular complexity index is 975. The number of hydrogen-bond acceptors (Lipinski definition) is 4. The summed E-state index contributed by atoms with van der Waals surface area (Å²) in [7, 11) is 1.94. The molecule has 3 N–H and O–H groups in total. The Morgan fingerprint density at radius 1 is 1.26 bits per heavy atom. The van der Waals surface area contributed by atoms with E-state index in [0.717, 1.165) is 16.9 Å². The van der Waals surface area contributed by atoms with E-state index in [0.29, 0.717) is 25.1 Å². The molecule has 1 aliphatic rings. The predicted octanol–water partition coefficient (Wildman–Crippen LogP) is 1.42. The Morgan fingerprint density at radius 3 is 2.89 bits per heavy atom. The summed E-state index contributed by atoms with van der Waals surface area (Å²) in [4.78, 5) is 27.8. The van der Waals surface area contributed by atoms with E-state index in [4.69, 9.17) is 0 Å². The van der Waals surface area contributed by atoms with Crippen molar-refractivity contribution in [1.29, 1.82) is 0 Å². The lowest BCUT2D eigenvalue weighted by atomic mass is 10.1. The highest BCUT2D eigenvalue weighted by molar-refractivity contribution is 6.00. The maximum absolute atomic E-state index is 12.5. The van der Waals surface area contributed by atoms with Gasteiger partial charge in [0.2, 0.25) is 11.7 Å². The van der Waals surface area contributed by atoms with E-state index >= 15 is 0 Å². The summed E-state index contributed by atoms with van der Waals surface area (Å²) in [5, 5.41) is 13.6. The Morgan fingerprint density at radius 2 is 2.07 bits per heavy atom. The Balaban J connectivity index is 1.41. The highest BCUT2D eigenvalue weighted by Crippen LogP contribution is 2.22. The molecular weight excluding hydrogens is 344 g/mol. The molecule has 27 heavy (non-hydrogen) atoms. The number of aromatic nitrogens is 4. The van der Waals surface area contributed by atoms with Crippen molar-refractivity contribution in [3.05, 3.63) is 65.5 Å². The van der Waals surface area contributed by atoms with Gasteiger partial charge in [-0.1, -0.05) is 30.3 Å². The summed E-state index contributed by atoms with van der Waals surface area (Å²) in [6, 6.07) is 11.0. The minimum Gasteiger partial charge on any atom is -0.353 e. The average Bonchev–Trinajstić information content (AvgIpc) is 3.22. The first kappa shape index (κ1) is 17.0. The zero-order valence-electron chi connectivity index (χ0n) is 14.9. The summed E-state index contributed by atoms with van der Waals surface area (Å²) in [6.07, 6.45) is 3.68. The van der Waals surface area contributed by atoms with Crippen LogP contribution in [0.2, 0.25) is 0 Å². The van der Waals surface area contributed by atoms with Crippen LogP contribution in [-0.4, -0.2) is 37.6 Å². The first-order chi connectivity index (χ1) is 13.1. The maximum Gasteiger partial charge on any atom is 0.289 e. The lowest BCUT2D eigenvalue weighted by molar-refractivity contribution is -0.118. The van der Waals surface area contributed by atoms with Gasteiger partial charge in [-0.15, -0.1) is 10.2 Å². The van der Waals surface area contributed by atoms with Crippen LogP contribution in [0.3, 0.4) is 0 Å². The third-order valence-corrected chi connectivity index (χ3v) is 4.71. The smallest absolute Gasteiger partial charge is 0.289 e. The van der Waals surface area contributed by atoms with E-state index in [-0.39, 0.29) is 11.7 Å². The van der Waals surface area contributed by atoms with Crippen molar-refractivity contribution in [2.45, 2.75) is 25.3 Å². The second-order valence-electron chi connectivity index (χ2n) is 6.62. The van der Waals surface area contributed by atoms with Crippen LogP contribution in [0, 0.1) is 0 Å². The zero-order chi connectivity index (χ0) is 18.8. The molecule has 0 saturated heterocycles. The predicted molar refractivity (Wildman–Crippen MR) is 99.2 cm³/mol. The van der Waals surface area contributed by atoms with Crippen molar-refractivity contribution in [2.75, 3.05) is 5.32 Å². The topological polar surface area (TPSA) is 105 Å². The van der Waals surface area contributed by atoms with Gasteiger partial charge in [0.1, 0.15) is 11.9 Å². The molecule has 0 aliphatic carbocycles. The molecule has 1 atom stereocenters. The van der Waals surface area contributed by atoms with Crippen LogP contribution in [0.15, 0.2) is 42.6 Å². The summed E-state index contributed by atoms with van der Waals surface area (Å²) in [6.45, 7) is 0. The van der Waals surface area contributed by atoms with E-state index in [1.54, 1.807) is 0 Å². The minimum absolute atomic E-state index is 0.107. The lowest BCUT2D eigenvalue weighted by Gasteiger charge is -2.14. The van der Waals surface area contributed by atoms with E-state index in [2.05, 4.69) is 25.8 Å². The molecule has 0 radical (unpaired) electrons. The van der Waals surface area contributed by atoms with Crippen molar-refractivity contribution in [3.63, 3.8) is 0 Å². The molecule has 1 unspecified atom stereocenters. The SMILES string of the molecule is Cn1ccc2c1CCC(NC(=O)c1nnc(Cc3ccccc3)[nH]1)C(=O)N2. The minimum atomic E-state index is -0.618. The van der Waals surface area contributed by atoms with Crippen LogP contribution in [0.5, 0.6) is 0 Å². The molecule has 0 saturated carbocycles. The van der Waals surface area contributed by atoms with Gasteiger partial charge in [-0.25, -0.2) is 0 Å². The standard InChI is InChI=1S/C19H20N6O2/c1-25-10-9-13-15(25)8-7-14(18(26)20-13)21-19(27)17-22-16(23-24-17)11-12-5-3-2-4-6-12/h2-6,9-10,14H,7-8,11H2,1H3,(H,20,26)(H,21,27)(H,22,23,24). The van der Waals surface area contributed by atoms with E-state index < -0.39 is 11.9 Å². The zero-order valence-corrected chi connectivity index (χ0v) is 14.9. The number of carbonyl (C=O) groups excluding carboxylic acids is 2. The molecule has 1 aliphatic heterocycles. The van der Waals surface area contributed by atoms with Gasteiger partial charge >= 0.3 is 0 Å². The summed E-state index contributed by atoms with van der Waals surface area (Å²) in [5.74, 6) is 0.0461. The van der Waals surface area contributed by atoms with E-state index in [1.807, 2.05) is 54.2 Å². The van der Waals surface area contributed by atoms with Gasteiger partial charge in [-0.05, 0) is 24.5 Å². The molecule has 8 heteroatoms. The van der Waals surface area contributed by atoms with Crippen molar-refractivity contribution in [2.24, 2.45) is 7.05 Å². The number of anilines is 1. The Labute approximate surface area is 156 Å². The van der Waals surface area contributed by atoms with Crippen molar-refractivity contribution < 1.29 is 9.59 Å². The molecule has 0 spiro atoms. The largest absolute Gasteiger partial charge is 0.353 e. The summed E-state index contributed by atoms with van der Waals surface area (Å²) < 4.78 is 1.98. The first-order valence-electron chi connectivity index (χ1n) is 8.81. The number of H-pyrrole nitrogens is 1. The first-order valence-corrected chi connectivity index (χ1v) is 8.81. The number of nitrogens with zero attached hydrogens (tertiary/aromatic N) is 3. The Hall–Kier alpha value is -3.42. The molecule has 0 bridgehead atoms. The number of rotatable bonds is 4. The van der Waals surface area contributed by atoms with Gasteiger partial charge in [-0.3, -0.25) is 9.59 Å². The van der Waals surface area contributed by atoms with Crippen LogP contribution in [0.1, 0.15) is 34.1 Å². The fourth-order valence-corrected chi connectivity index (χ4v) is 3.25. The molecule has 8 nitrogen and oxygen atoms in total. The molecule has 4 rings (SSSR count). The van der Waals surface area contributed by atoms with Crippen molar-refractivity contribution in [1.82, 2.24) is 25.1 Å². The van der Waals surface area contributed by atoms with Gasteiger partial charge in [0.15, 0.2) is 0 Å². The summed E-state index contributed by atoms with van der Waals surface area (Å²) >= 11 is 0. The third-order valence-electron chi connectivity index (χ3n) is 4.71. The van der Waals surface area contributed by atoms with Gasteiger partial charge in [0.05, 0.1) is 5.69 Å². The second-order valence-corrected chi connectivity index (χ2v) is 6.62. The van der Waals surface area contributed by atoms with Gasteiger partial charge in [0, 0.05) is 25.4 Å². The van der Waals surface area contributed by atoms with Gasteiger partial charge in [0.25, 0.3) is 5.91 Å². The highest BCUT2D eigenvalue weighted by Gasteiger charge is 2.27. The number of aromatic amines is 1. The Kier molecular flexibility index (Phi) is 4.45. The number of nitrogens with one attached hydrogen (secondary N) is 3. The lowest BCUT2D eigenvalue weighted by Crippen LogP contribution is -2.43. The molecule has 3 aromatic rings. The molecule has 2 amide bonds. The number of amides is 2. The average molecular weight is 364 g/mol. The normalized spacial score (nSPS) is 16.3. The van der Waals surface area contributed by atoms with E-state index in [9.17, 15) is 9.59 Å². The number of aryl methyl sites for hydroxylation is 1. The van der Waals surface area contributed by atoms with Crippen LogP contribution < -0.4 is 10.6 Å². The fraction of sp³-hybridized carbons (Fsp3) is 0.263. The van der Waals surface area contributed by atoms with Crippen molar-refractivity contribution >= 4 is 17.5 Å². The number of carbonyl (C=O) groups is 2. The number of hydrogen-bond donors (Lipinski definition) is 3. The van der Waals surface area contributed by atoms with Gasteiger partial charge in [-0.2, -0.15) is 0 Å². The molecule has 1 aromatic carbocycles. The van der Waals surface area contributed by atoms with Crippen LogP contribution >= 0.6 is 0 Å². The number of fused-ring (bicyclic) bond motifs is 1. The summed E-state index contributed by atoms with van der Waals surface area (Å²) in [5.41, 5.74) is 2.91. The molecule has 138 valence electrons. The van der Waals surface area contributed by atoms with E-state index in [1.165, 1.54) is 0 Å². The molecular formula is C19H20N6O2. The maximum atomic E-state index is 12.5. The van der Waals surface area contributed by atoms with Crippen LogP contribution in [-0.2, 0) is 24.7 Å².